The van der Waals surface area contributed by atoms with Gasteiger partial charge in [-0.05, 0) is 25.5 Å². The summed E-state index contributed by atoms with van der Waals surface area (Å²) in [5.74, 6) is -0.487. The lowest BCUT2D eigenvalue weighted by Crippen LogP contribution is -2.15. The van der Waals surface area contributed by atoms with Gasteiger partial charge in [-0.25, -0.2) is 4.79 Å². The molecule has 118 valence electrons. The Balaban J connectivity index is 2.19. The Hall–Kier alpha value is -2.30. The van der Waals surface area contributed by atoms with Crippen LogP contribution in [0, 0.1) is 6.92 Å². The fraction of sp³-hybridized carbons (Fsp3) is 0.412. The molecule has 0 radical (unpaired) electrons. The largest absolute Gasteiger partial charge is 0.508 e. The Labute approximate surface area is 128 Å². The van der Waals surface area contributed by atoms with Crippen LogP contribution in [-0.4, -0.2) is 11.1 Å². The van der Waals surface area contributed by atoms with Gasteiger partial charge in [-0.15, -0.1) is 0 Å². The first-order valence-corrected chi connectivity index (χ1v) is 7.50. The van der Waals surface area contributed by atoms with Crippen molar-refractivity contribution in [3.05, 3.63) is 34.2 Å². The molecule has 2 aromatic rings. The van der Waals surface area contributed by atoms with Crippen LogP contribution in [0.2, 0.25) is 0 Å². The molecule has 22 heavy (non-hydrogen) atoms. The molecule has 0 spiro atoms. The molecule has 1 N–H and O–H groups in total. The predicted molar refractivity (Wildman–Crippen MR) is 83.3 cm³/mol. The van der Waals surface area contributed by atoms with Crippen LogP contribution in [0.15, 0.2) is 27.4 Å². The zero-order chi connectivity index (χ0) is 16.1. The van der Waals surface area contributed by atoms with Gasteiger partial charge in [-0.1, -0.05) is 26.2 Å². The molecule has 0 atom stereocenters. The number of hydrogen-bond donors (Lipinski definition) is 1. The second-order valence-corrected chi connectivity index (χ2v) is 5.31. The summed E-state index contributed by atoms with van der Waals surface area (Å²) in [6.07, 6.45) is 4.17. The number of rotatable bonds is 6. The van der Waals surface area contributed by atoms with Crippen molar-refractivity contribution >= 4 is 16.9 Å². The fourth-order valence-electron chi connectivity index (χ4n) is 2.31. The van der Waals surface area contributed by atoms with E-state index in [1.165, 1.54) is 12.1 Å². The number of esters is 1. The van der Waals surface area contributed by atoms with Crippen LogP contribution >= 0.6 is 0 Å². The number of phenols is 1. The third-order valence-corrected chi connectivity index (χ3v) is 3.55. The molecule has 0 aliphatic heterocycles. The van der Waals surface area contributed by atoms with Gasteiger partial charge in [0, 0.05) is 23.4 Å². The third-order valence-electron chi connectivity index (χ3n) is 3.55. The smallest absolute Gasteiger partial charge is 0.380 e. The molecular formula is C17H20O5. The van der Waals surface area contributed by atoms with Crippen molar-refractivity contribution in [3.8, 4) is 11.5 Å². The summed E-state index contributed by atoms with van der Waals surface area (Å²) in [5, 5.41) is 10.1. The molecule has 2 rings (SSSR count). The van der Waals surface area contributed by atoms with Gasteiger partial charge in [0.15, 0.2) is 0 Å². The fourth-order valence-corrected chi connectivity index (χ4v) is 2.31. The summed E-state index contributed by atoms with van der Waals surface area (Å²) in [4.78, 5) is 23.8. The molecule has 5 heteroatoms. The van der Waals surface area contributed by atoms with Gasteiger partial charge in [0.25, 0.3) is 0 Å². The number of carbonyl (C=O) groups excluding carboxylic acids is 1. The second-order valence-electron chi connectivity index (χ2n) is 5.31. The summed E-state index contributed by atoms with van der Waals surface area (Å²) in [7, 11) is 0. The molecule has 0 aliphatic rings. The number of ether oxygens (including phenoxy) is 1. The second kappa shape index (κ2) is 7.11. The van der Waals surface area contributed by atoms with Gasteiger partial charge >= 0.3 is 11.6 Å². The number of unbranched alkanes of at least 4 members (excludes halogenated alkanes) is 3. The SMILES string of the molecule is CCCCCCC(=O)Oc1c(C)c2ccc(O)cc2oc1=O. The normalized spacial score (nSPS) is 10.8. The molecule has 0 amide bonds. The zero-order valence-corrected chi connectivity index (χ0v) is 12.8. The number of phenolic OH excluding ortho intramolecular Hbond substituents is 1. The minimum atomic E-state index is -0.711. The summed E-state index contributed by atoms with van der Waals surface area (Å²) >= 11 is 0. The number of benzene rings is 1. The average molecular weight is 304 g/mol. The first kappa shape index (κ1) is 16.1. The average Bonchev–Trinajstić information content (AvgIpc) is 2.47. The van der Waals surface area contributed by atoms with E-state index in [4.69, 9.17) is 9.15 Å². The van der Waals surface area contributed by atoms with Crippen molar-refractivity contribution in [3.63, 3.8) is 0 Å². The molecule has 1 heterocycles. The van der Waals surface area contributed by atoms with E-state index in [0.29, 0.717) is 10.9 Å². The van der Waals surface area contributed by atoms with E-state index < -0.39 is 11.6 Å². The highest BCUT2D eigenvalue weighted by Crippen LogP contribution is 2.26. The quantitative estimate of drug-likeness (QED) is 0.500. The van der Waals surface area contributed by atoms with Crippen molar-refractivity contribution < 1.29 is 19.1 Å². The molecule has 5 nitrogen and oxygen atoms in total. The highest BCUT2D eigenvalue weighted by molar-refractivity contribution is 5.84. The van der Waals surface area contributed by atoms with E-state index in [9.17, 15) is 14.7 Å². The van der Waals surface area contributed by atoms with Crippen molar-refractivity contribution in [2.45, 2.75) is 46.0 Å². The molecule has 0 unspecified atom stereocenters. The molecule has 0 saturated carbocycles. The van der Waals surface area contributed by atoms with Crippen LogP contribution in [-0.2, 0) is 4.79 Å². The molecular weight excluding hydrogens is 284 g/mol. The van der Waals surface area contributed by atoms with E-state index in [0.717, 1.165) is 25.7 Å². The molecule has 1 aromatic heterocycles. The summed E-state index contributed by atoms with van der Waals surface area (Å²) in [5.41, 5.74) is 0.0934. The lowest BCUT2D eigenvalue weighted by Gasteiger charge is -2.08. The molecule has 0 saturated heterocycles. The number of aryl methyl sites for hydroxylation is 1. The maximum absolute atomic E-state index is 12.0. The van der Waals surface area contributed by atoms with Crippen molar-refractivity contribution in [2.75, 3.05) is 0 Å². The Kier molecular flexibility index (Phi) is 5.20. The van der Waals surface area contributed by atoms with Gasteiger partial charge in [0.1, 0.15) is 11.3 Å². The summed E-state index contributed by atoms with van der Waals surface area (Å²) in [6.45, 7) is 3.79. The van der Waals surface area contributed by atoms with Crippen LogP contribution < -0.4 is 10.4 Å². The first-order valence-electron chi connectivity index (χ1n) is 7.50. The molecule has 0 fully saturated rings. The molecule has 0 aliphatic carbocycles. The van der Waals surface area contributed by atoms with Crippen molar-refractivity contribution in [2.24, 2.45) is 0 Å². The number of hydrogen-bond acceptors (Lipinski definition) is 5. The zero-order valence-electron chi connectivity index (χ0n) is 12.8. The van der Waals surface area contributed by atoms with Crippen LogP contribution in [0.25, 0.3) is 11.0 Å². The lowest BCUT2D eigenvalue weighted by atomic mass is 10.1. The van der Waals surface area contributed by atoms with Gasteiger partial charge in [0.05, 0.1) is 0 Å². The minimum absolute atomic E-state index is 0.00992. The maximum Gasteiger partial charge on any atom is 0.380 e. The summed E-state index contributed by atoms with van der Waals surface area (Å²) in [6, 6.07) is 4.48. The van der Waals surface area contributed by atoms with Crippen LogP contribution in [0.4, 0.5) is 0 Å². The van der Waals surface area contributed by atoms with Crippen LogP contribution in [0.5, 0.6) is 11.5 Å². The molecule has 1 aromatic carbocycles. The number of carbonyl (C=O) groups is 1. The van der Waals surface area contributed by atoms with Crippen molar-refractivity contribution in [1.29, 1.82) is 0 Å². The van der Waals surface area contributed by atoms with Gasteiger partial charge in [0.2, 0.25) is 5.75 Å². The lowest BCUT2D eigenvalue weighted by molar-refractivity contribution is -0.134. The van der Waals surface area contributed by atoms with Gasteiger partial charge in [-0.2, -0.15) is 0 Å². The number of fused-ring (bicyclic) bond motifs is 1. The molecule has 0 bridgehead atoms. The van der Waals surface area contributed by atoms with E-state index >= 15 is 0 Å². The standard InChI is InChI=1S/C17H20O5/c1-3-4-5-6-7-15(19)22-16-11(2)13-9-8-12(18)10-14(13)21-17(16)20/h8-10,18H,3-7H2,1-2H3. The van der Waals surface area contributed by atoms with Crippen LogP contribution in [0.3, 0.4) is 0 Å². The van der Waals surface area contributed by atoms with Crippen molar-refractivity contribution in [1.82, 2.24) is 0 Å². The Morgan fingerprint density at radius 2 is 2.05 bits per heavy atom. The van der Waals surface area contributed by atoms with Crippen LogP contribution in [0.1, 0.15) is 44.6 Å². The van der Waals surface area contributed by atoms with E-state index in [2.05, 4.69) is 6.92 Å². The Bertz CT molecular complexity index is 730. The Morgan fingerprint density at radius 3 is 2.77 bits per heavy atom. The monoisotopic (exact) mass is 304 g/mol. The topological polar surface area (TPSA) is 76.7 Å². The predicted octanol–water partition coefficient (Wildman–Crippen LogP) is 3.68. The highest BCUT2D eigenvalue weighted by atomic mass is 16.5. The number of aromatic hydroxyl groups is 1. The van der Waals surface area contributed by atoms with Gasteiger partial charge < -0.3 is 14.3 Å². The minimum Gasteiger partial charge on any atom is -0.508 e. The Morgan fingerprint density at radius 1 is 1.27 bits per heavy atom. The van der Waals surface area contributed by atoms with Gasteiger partial charge in [-0.3, -0.25) is 4.79 Å². The van der Waals surface area contributed by atoms with E-state index in [1.54, 1.807) is 13.0 Å². The van der Waals surface area contributed by atoms with E-state index in [-0.39, 0.29) is 23.5 Å². The highest BCUT2D eigenvalue weighted by Gasteiger charge is 2.16. The van der Waals surface area contributed by atoms with E-state index in [1.807, 2.05) is 0 Å². The third kappa shape index (κ3) is 3.67. The first-order chi connectivity index (χ1) is 10.5. The maximum atomic E-state index is 12.0. The summed E-state index contributed by atoms with van der Waals surface area (Å²) < 4.78 is 10.3.